The number of carbonyl (C=O) groups is 2. The molecule has 1 aliphatic heterocycles. The van der Waals surface area contributed by atoms with E-state index in [1.165, 1.54) is 37.4 Å². The van der Waals surface area contributed by atoms with E-state index in [2.05, 4.69) is 0 Å². The summed E-state index contributed by atoms with van der Waals surface area (Å²) in [7, 11) is 1.25. The van der Waals surface area contributed by atoms with Gasteiger partial charge in [-0.3, -0.25) is 9.59 Å². The molecular formula is C15H12F3N3O3. The number of hydrogen-bond acceptors (Lipinski definition) is 4. The fourth-order valence-corrected chi connectivity index (χ4v) is 2.42. The van der Waals surface area contributed by atoms with Crippen molar-refractivity contribution in [2.24, 2.45) is 0 Å². The zero-order chi connectivity index (χ0) is 18.1. The van der Waals surface area contributed by atoms with Crippen molar-refractivity contribution in [2.75, 3.05) is 7.11 Å². The van der Waals surface area contributed by atoms with Crippen molar-refractivity contribution in [3.05, 3.63) is 41.1 Å². The van der Waals surface area contributed by atoms with Crippen LogP contribution in [0.2, 0.25) is 0 Å². The van der Waals surface area contributed by atoms with Gasteiger partial charge in [0, 0.05) is 5.70 Å². The fourth-order valence-electron chi connectivity index (χ4n) is 2.42. The summed E-state index contributed by atoms with van der Waals surface area (Å²) in [4.78, 5) is 24.3. The van der Waals surface area contributed by atoms with Crippen LogP contribution in [0.4, 0.5) is 13.2 Å². The number of ether oxygens (including phenoxy) is 1. The van der Waals surface area contributed by atoms with E-state index < -0.39 is 29.1 Å². The molecule has 2 N–H and O–H groups in total. The number of alkyl halides is 3. The predicted octanol–water partition coefficient (Wildman–Crippen LogP) is 1.65. The molecule has 0 saturated carbocycles. The van der Waals surface area contributed by atoms with E-state index in [0.29, 0.717) is 0 Å². The molecule has 126 valence electrons. The van der Waals surface area contributed by atoms with Gasteiger partial charge in [-0.15, -0.1) is 0 Å². The maximum absolute atomic E-state index is 13.6. The van der Waals surface area contributed by atoms with Crippen LogP contribution in [0.15, 0.2) is 35.5 Å². The third kappa shape index (κ3) is 2.46. The summed E-state index contributed by atoms with van der Waals surface area (Å²) in [5.41, 5.74) is -4.80. The van der Waals surface area contributed by atoms with Crippen LogP contribution >= 0.6 is 0 Å². The SMILES string of the molecule is COc1ccccc1C(=O)NC1(C(F)(F)F)C(=O)NC(C)=C1C#N. The number of amides is 2. The smallest absolute Gasteiger partial charge is 0.425 e. The van der Waals surface area contributed by atoms with E-state index in [0.717, 1.165) is 6.92 Å². The van der Waals surface area contributed by atoms with Crippen molar-refractivity contribution in [1.29, 1.82) is 5.26 Å². The molecule has 1 aromatic rings. The molecule has 24 heavy (non-hydrogen) atoms. The lowest BCUT2D eigenvalue weighted by molar-refractivity contribution is -0.184. The van der Waals surface area contributed by atoms with Crippen LogP contribution in [0.1, 0.15) is 17.3 Å². The quantitative estimate of drug-likeness (QED) is 0.876. The van der Waals surface area contributed by atoms with Gasteiger partial charge in [-0.05, 0) is 19.1 Å². The Balaban J connectivity index is 2.55. The molecule has 1 heterocycles. The van der Waals surface area contributed by atoms with Crippen LogP contribution < -0.4 is 15.4 Å². The lowest BCUT2D eigenvalue weighted by Crippen LogP contribution is -2.64. The number of nitriles is 1. The number of carbonyl (C=O) groups excluding carboxylic acids is 2. The molecule has 2 amide bonds. The molecule has 1 aliphatic rings. The molecule has 1 unspecified atom stereocenters. The van der Waals surface area contributed by atoms with E-state index >= 15 is 0 Å². The zero-order valence-corrected chi connectivity index (χ0v) is 12.6. The molecule has 0 aliphatic carbocycles. The van der Waals surface area contributed by atoms with Gasteiger partial charge in [-0.1, -0.05) is 12.1 Å². The zero-order valence-electron chi connectivity index (χ0n) is 12.6. The van der Waals surface area contributed by atoms with Crippen LogP contribution in [0.3, 0.4) is 0 Å². The summed E-state index contributed by atoms with van der Waals surface area (Å²) in [6.45, 7) is 1.15. The topological polar surface area (TPSA) is 91.2 Å². The summed E-state index contributed by atoms with van der Waals surface area (Å²) in [6.07, 6.45) is -5.21. The largest absolute Gasteiger partial charge is 0.496 e. The summed E-state index contributed by atoms with van der Waals surface area (Å²) in [5.74, 6) is -2.69. The number of halogens is 3. The molecule has 0 fully saturated rings. The molecule has 1 atom stereocenters. The van der Waals surface area contributed by atoms with Crippen molar-refractivity contribution in [3.8, 4) is 11.8 Å². The molecule has 0 spiro atoms. The van der Waals surface area contributed by atoms with Gasteiger partial charge in [0.25, 0.3) is 17.4 Å². The number of benzene rings is 1. The van der Waals surface area contributed by atoms with Crippen molar-refractivity contribution >= 4 is 11.8 Å². The van der Waals surface area contributed by atoms with Crippen LogP contribution in [0, 0.1) is 11.3 Å². The number of hydrogen-bond donors (Lipinski definition) is 2. The second kappa shape index (κ2) is 5.88. The molecular weight excluding hydrogens is 327 g/mol. The molecule has 0 bridgehead atoms. The second-order valence-electron chi connectivity index (χ2n) is 4.97. The van der Waals surface area contributed by atoms with Crippen LogP contribution in [-0.2, 0) is 4.79 Å². The minimum atomic E-state index is -5.21. The van der Waals surface area contributed by atoms with Crippen LogP contribution in [0.25, 0.3) is 0 Å². The molecule has 1 aromatic carbocycles. The highest BCUT2D eigenvalue weighted by Crippen LogP contribution is 2.41. The number of para-hydroxylation sites is 1. The Morgan fingerprint density at radius 3 is 2.54 bits per heavy atom. The normalized spacial score (nSPS) is 20.4. The average Bonchev–Trinajstić information content (AvgIpc) is 2.77. The minimum absolute atomic E-state index is 0.0324. The van der Waals surface area contributed by atoms with Crippen molar-refractivity contribution < 1.29 is 27.5 Å². The van der Waals surface area contributed by atoms with E-state index in [1.54, 1.807) is 5.32 Å². The van der Waals surface area contributed by atoms with E-state index in [4.69, 9.17) is 10.00 Å². The monoisotopic (exact) mass is 339 g/mol. The summed E-state index contributed by atoms with van der Waals surface area (Å²) in [5, 5.41) is 12.7. The maximum Gasteiger partial charge on any atom is 0.425 e. The maximum atomic E-state index is 13.6. The molecule has 0 radical (unpaired) electrons. The third-order valence-electron chi connectivity index (χ3n) is 3.58. The standard InChI is InChI=1S/C15H12F3N3O3/c1-8-10(7-19)14(13(23)20-8,15(16,17)18)21-12(22)9-5-3-4-6-11(9)24-2/h3-6H,1-2H3,(H,20,23)(H,21,22). The summed E-state index contributed by atoms with van der Waals surface area (Å²) >= 11 is 0. The first-order valence-corrected chi connectivity index (χ1v) is 6.64. The number of rotatable bonds is 3. The molecule has 0 aromatic heterocycles. The minimum Gasteiger partial charge on any atom is -0.496 e. The van der Waals surface area contributed by atoms with Crippen molar-refractivity contribution in [1.82, 2.24) is 10.6 Å². The Bertz CT molecular complexity index is 780. The first-order valence-electron chi connectivity index (χ1n) is 6.64. The fraction of sp³-hybridized carbons (Fsp3) is 0.267. The number of methoxy groups -OCH3 is 1. The van der Waals surface area contributed by atoms with Gasteiger partial charge in [0.1, 0.15) is 5.75 Å². The van der Waals surface area contributed by atoms with E-state index in [9.17, 15) is 22.8 Å². The predicted molar refractivity (Wildman–Crippen MR) is 75.7 cm³/mol. The highest BCUT2D eigenvalue weighted by Gasteiger charge is 2.67. The van der Waals surface area contributed by atoms with Crippen molar-refractivity contribution in [2.45, 2.75) is 18.6 Å². The average molecular weight is 339 g/mol. The highest BCUT2D eigenvalue weighted by molar-refractivity contribution is 6.05. The lowest BCUT2D eigenvalue weighted by Gasteiger charge is -2.30. The third-order valence-corrected chi connectivity index (χ3v) is 3.58. The Hall–Kier alpha value is -3.02. The second-order valence-corrected chi connectivity index (χ2v) is 4.97. The number of nitrogens with one attached hydrogen (secondary N) is 2. The Kier molecular flexibility index (Phi) is 4.25. The number of allylic oxidation sites excluding steroid dienone is 1. The Morgan fingerprint density at radius 2 is 2.00 bits per heavy atom. The van der Waals surface area contributed by atoms with Gasteiger partial charge in [0.05, 0.1) is 24.3 Å². The van der Waals surface area contributed by atoms with Gasteiger partial charge in [-0.25, -0.2) is 0 Å². The van der Waals surface area contributed by atoms with Crippen LogP contribution in [-0.4, -0.2) is 30.6 Å². The molecule has 6 nitrogen and oxygen atoms in total. The van der Waals surface area contributed by atoms with Gasteiger partial charge >= 0.3 is 6.18 Å². The molecule has 2 rings (SSSR count). The lowest BCUT2D eigenvalue weighted by atomic mass is 9.89. The van der Waals surface area contributed by atoms with Crippen LogP contribution in [0.5, 0.6) is 5.75 Å². The van der Waals surface area contributed by atoms with Gasteiger partial charge in [-0.2, -0.15) is 18.4 Å². The van der Waals surface area contributed by atoms with E-state index in [1.807, 2.05) is 5.32 Å². The molecule has 9 heteroatoms. The first kappa shape index (κ1) is 17.3. The summed E-state index contributed by atoms with van der Waals surface area (Å²) in [6, 6.07) is 6.95. The van der Waals surface area contributed by atoms with Gasteiger partial charge in [0.15, 0.2) is 0 Å². The number of nitrogens with zero attached hydrogens (tertiary/aromatic N) is 1. The van der Waals surface area contributed by atoms with Gasteiger partial charge in [0.2, 0.25) is 0 Å². The highest BCUT2D eigenvalue weighted by atomic mass is 19.4. The Labute approximate surface area is 134 Å². The Morgan fingerprint density at radius 1 is 1.38 bits per heavy atom. The van der Waals surface area contributed by atoms with Gasteiger partial charge < -0.3 is 15.4 Å². The first-order chi connectivity index (χ1) is 11.2. The molecule has 0 saturated heterocycles. The van der Waals surface area contributed by atoms with E-state index in [-0.39, 0.29) is 17.0 Å². The summed E-state index contributed by atoms with van der Waals surface area (Å²) < 4.78 is 45.9. The van der Waals surface area contributed by atoms with Crippen molar-refractivity contribution in [3.63, 3.8) is 0 Å².